The number of halogens is 1. The molecular weight excluding hydrogens is 291 g/mol. The van der Waals surface area contributed by atoms with Crippen LogP contribution in [-0.4, -0.2) is 37.3 Å². The topological polar surface area (TPSA) is 97.1 Å². The average molecular weight is 304 g/mol. The van der Waals surface area contributed by atoms with Crippen LogP contribution in [0.4, 0.5) is 4.39 Å². The Morgan fingerprint density at radius 1 is 1.32 bits per heavy atom. The van der Waals surface area contributed by atoms with Gasteiger partial charge in [0.15, 0.2) is 0 Å². The molecule has 2 aromatic rings. The largest absolute Gasteiger partial charge is 0.480 e. The van der Waals surface area contributed by atoms with Crippen molar-refractivity contribution in [1.82, 2.24) is 20.1 Å². The molecule has 1 aromatic carbocycles. The number of rotatable bonds is 4. The summed E-state index contributed by atoms with van der Waals surface area (Å²) in [6, 6.07) is 5.58. The first kappa shape index (κ1) is 14.2. The van der Waals surface area contributed by atoms with E-state index in [2.05, 4.69) is 15.4 Å². The summed E-state index contributed by atoms with van der Waals surface area (Å²) in [4.78, 5) is 27.2. The first-order chi connectivity index (χ1) is 10.4. The van der Waals surface area contributed by atoms with Crippen LogP contribution < -0.4 is 5.32 Å². The van der Waals surface area contributed by atoms with Gasteiger partial charge in [0, 0.05) is 0 Å². The molecule has 1 saturated carbocycles. The van der Waals surface area contributed by atoms with E-state index in [1.54, 1.807) is 6.92 Å². The van der Waals surface area contributed by atoms with Crippen LogP contribution in [0.15, 0.2) is 24.3 Å². The Bertz CT molecular complexity index is 750. The molecule has 0 atom stereocenters. The zero-order valence-electron chi connectivity index (χ0n) is 11.7. The third kappa shape index (κ3) is 2.43. The first-order valence-corrected chi connectivity index (χ1v) is 6.67. The van der Waals surface area contributed by atoms with Gasteiger partial charge in [0.05, 0.1) is 5.69 Å². The van der Waals surface area contributed by atoms with Crippen LogP contribution in [0.5, 0.6) is 0 Å². The van der Waals surface area contributed by atoms with Crippen LogP contribution in [-0.2, 0) is 4.79 Å². The highest BCUT2D eigenvalue weighted by Crippen LogP contribution is 2.35. The van der Waals surface area contributed by atoms with Gasteiger partial charge >= 0.3 is 5.97 Å². The number of carbonyl (C=O) groups is 2. The summed E-state index contributed by atoms with van der Waals surface area (Å²) in [5, 5.41) is 15.6. The second-order valence-corrected chi connectivity index (χ2v) is 5.21. The fourth-order valence-electron chi connectivity index (χ4n) is 2.10. The normalized spacial score (nSPS) is 15.4. The lowest BCUT2D eigenvalue weighted by molar-refractivity contribution is -0.140. The Morgan fingerprint density at radius 2 is 1.95 bits per heavy atom. The zero-order chi connectivity index (χ0) is 15.9. The van der Waals surface area contributed by atoms with Crippen molar-refractivity contribution in [3.8, 4) is 5.69 Å². The highest BCUT2D eigenvalue weighted by atomic mass is 19.1. The highest BCUT2D eigenvalue weighted by Gasteiger charge is 2.52. The fraction of sp³-hybridized carbons (Fsp3) is 0.286. The summed E-state index contributed by atoms with van der Waals surface area (Å²) in [6.07, 6.45) is 0.789. The number of aromatic nitrogens is 3. The summed E-state index contributed by atoms with van der Waals surface area (Å²) in [7, 11) is 0. The minimum absolute atomic E-state index is 0.116. The van der Waals surface area contributed by atoms with Crippen molar-refractivity contribution in [2.75, 3.05) is 0 Å². The molecule has 1 heterocycles. The molecule has 114 valence electrons. The van der Waals surface area contributed by atoms with E-state index in [0.29, 0.717) is 24.4 Å². The minimum atomic E-state index is -1.19. The van der Waals surface area contributed by atoms with Gasteiger partial charge in [-0.05, 0) is 44.0 Å². The Balaban J connectivity index is 1.84. The number of carboxylic acids is 1. The molecule has 1 amide bonds. The van der Waals surface area contributed by atoms with Crippen molar-refractivity contribution < 1.29 is 19.1 Å². The lowest BCUT2D eigenvalue weighted by Gasteiger charge is -2.10. The first-order valence-electron chi connectivity index (χ1n) is 6.67. The quantitative estimate of drug-likeness (QED) is 0.880. The summed E-state index contributed by atoms with van der Waals surface area (Å²) >= 11 is 0. The van der Waals surface area contributed by atoms with E-state index in [1.165, 1.54) is 28.9 Å². The number of aliphatic carboxylic acids is 1. The number of carboxylic acid groups (broad SMARTS) is 1. The molecule has 8 heteroatoms. The predicted octanol–water partition coefficient (Wildman–Crippen LogP) is 1.06. The zero-order valence-corrected chi connectivity index (χ0v) is 11.7. The number of benzene rings is 1. The molecule has 3 rings (SSSR count). The van der Waals surface area contributed by atoms with Gasteiger partial charge in [0.2, 0.25) is 5.82 Å². The van der Waals surface area contributed by atoms with Crippen LogP contribution in [0.2, 0.25) is 0 Å². The van der Waals surface area contributed by atoms with Gasteiger partial charge in [-0.2, -0.15) is 0 Å². The van der Waals surface area contributed by atoms with Crippen LogP contribution in [0.25, 0.3) is 5.69 Å². The number of hydrogen-bond acceptors (Lipinski definition) is 4. The van der Waals surface area contributed by atoms with Crippen molar-refractivity contribution in [2.24, 2.45) is 0 Å². The highest BCUT2D eigenvalue weighted by molar-refractivity contribution is 5.96. The van der Waals surface area contributed by atoms with E-state index in [1.807, 2.05) is 0 Å². The molecule has 0 spiro atoms. The van der Waals surface area contributed by atoms with Gasteiger partial charge in [0.25, 0.3) is 5.91 Å². The van der Waals surface area contributed by atoms with Crippen LogP contribution in [0, 0.1) is 12.7 Å². The molecule has 22 heavy (non-hydrogen) atoms. The maximum absolute atomic E-state index is 12.9. The third-order valence-corrected chi connectivity index (χ3v) is 3.56. The van der Waals surface area contributed by atoms with E-state index in [-0.39, 0.29) is 11.6 Å². The van der Waals surface area contributed by atoms with Crippen molar-refractivity contribution in [1.29, 1.82) is 0 Å². The smallest absolute Gasteiger partial charge is 0.329 e. The Hall–Kier alpha value is -2.77. The molecular formula is C14H13FN4O3. The molecule has 0 radical (unpaired) electrons. The standard InChI is InChI=1S/C14H13FN4O3/c1-8-16-11(12(20)17-14(6-7-14)13(21)22)18-19(8)10-4-2-9(15)3-5-10/h2-5H,6-7H2,1H3,(H,17,20)(H,21,22). The summed E-state index contributed by atoms with van der Waals surface area (Å²) in [5.74, 6) is -1.75. The molecule has 0 unspecified atom stereocenters. The molecule has 2 N–H and O–H groups in total. The Morgan fingerprint density at radius 3 is 2.50 bits per heavy atom. The molecule has 0 bridgehead atoms. The summed E-state index contributed by atoms with van der Waals surface area (Å²) < 4.78 is 14.3. The number of nitrogens with zero attached hydrogens (tertiary/aromatic N) is 3. The Labute approximate surface area is 124 Å². The number of amides is 1. The maximum atomic E-state index is 12.9. The monoisotopic (exact) mass is 304 g/mol. The minimum Gasteiger partial charge on any atom is -0.480 e. The van der Waals surface area contributed by atoms with Crippen molar-refractivity contribution >= 4 is 11.9 Å². The van der Waals surface area contributed by atoms with E-state index < -0.39 is 17.4 Å². The maximum Gasteiger partial charge on any atom is 0.329 e. The van der Waals surface area contributed by atoms with Crippen molar-refractivity contribution in [2.45, 2.75) is 25.3 Å². The predicted molar refractivity (Wildman–Crippen MR) is 73.1 cm³/mol. The number of carbonyl (C=O) groups excluding carboxylic acids is 1. The van der Waals surface area contributed by atoms with Crippen LogP contribution in [0.3, 0.4) is 0 Å². The number of hydrogen-bond donors (Lipinski definition) is 2. The summed E-state index contributed by atoms with van der Waals surface area (Å²) in [6.45, 7) is 1.65. The average Bonchev–Trinajstić information content (AvgIpc) is 3.15. The lowest BCUT2D eigenvalue weighted by Crippen LogP contribution is -2.43. The number of nitrogens with one attached hydrogen (secondary N) is 1. The third-order valence-electron chi connectivity index (χ3n) is 3.56. The Kier molecular flexibility index (Phi) is 3.16. The van der Waals surface area contributed by atoms with Crippen molar-refractivity contribution in [3.05, 3.63) is 41.7 Å². The van der Waals surface area contributed by atoms with E-state index in [4.69, 9.17) is 5.11 Å². The molecule has 0 saturated heterocycles. The molecule has 7 nitrogen and oxygen atoms in total. The molecule has 0 aliphatic heterocycles. The van der Waals surface area contributed by atoms with Gasteiger partial charge in [-0.25, -0.2) is 18.9 Å². The van der Waals surface area contributed by atoms with Crippen molar-refractivity contribution in [3.63, 3.8) is 0 Å². The molecule has 1 aliphatic rings. The van der Waals surface area contributed by atoms with Gasteiger partial charge in [-0.3, -0.25) is 4.79 Å². The van der Waals surface area contributed by atoms with Gasteiger partial charge in [0.1, 0.15) is 17.2 Å². The van der Waals surface area contributed by atoms with E-state index in [9.17, 15) is 14.0 Å². The molecule has 1 fully saturated rings. The van der Waals surface area contributed by atoms with Gasteiger partial charge in [-0.1, -0.05) is 0 Å². The summed E-state index contributed by atoms with van der Waals surface area (Å²) in [5.41, 5.74) is -0.628. The SMILES string of the molecule is Cc1nc(C(=O)NC2(C(=O)O)CC2)nn1-c1ccc(F)cc1. The second-order valence-electron chi connectivity index (χ2n) is 5.21. The van der Waals surface area contributed by atoms with Crippen LogP contribution in [0.1, 0.15) is 29.3 Å². The lowest BCUT2D eigenvalue weighted by atomic mass is 10.3. The fourth-order valence-corrected chi connectivity index (χ4v) is 2.10. The van der Waals surface area contributed by atoms with Gasteiger partial charge in [-0.15, -0.1) is 5.10 Å². The van der Waals surface area contributed by atoms with Gasteiger partial charge < -0.3 is 10.4 Å². The number of aryl methyl sites for hydroxylation is 1. The molecule has 1 aromatic heterocycles. The van der Waals surface area contributed by atoms with Crippen LogP contribution >= 0.6 is 0 Å². The molecule has 1 aliphatic carbocycles. The van der Waals surface area contributed by atoms with E-state index in [0.717, 1.165) is 0 Å². The van der Waals surface area contributed by atoms with E-state index >= 15 is 0 Å². The second kappa shape index (κ2) is 4.90.